The highest BCUT2D eigenvalue weighted by Gasteiger charge is 2.27. The molecule has 3 aromatic heterocycles. The summed E-state index contributed by atoms with van der Waals surface area (Å²) in [7, 11) is -3.43. The average molecular weight is 522 g/mol. The molecule has 11 nitrogen and oxygen atoms in total. The van der Waals surface area contributed by atoms with Gasteiger partial charge in [0.25, 0.3) is 0 Å². The number of amides is 2. The Bertz CT molecular complexity index is 1270. The number of thiazole rings is 1. The van der Waals surface area contributed by atoms with E-state index >= 15 is 0 Å². The maximum absolute atomic E-state index is 12.8. The number of aromatic amines is 1. The number of Topliss-reactive ketones (excluding diaryl/α,β-unsaturated/α-hetero) is 1. The molecule has 2 amide bonds. The second-order valence-corrected chi connectivity index (χ2v) is 11.8. The fraction of sp³-hybridized carbons (Fsp3) is 0.350. The van der Waals surface area contributed by atoms with Crippen LogP contribution < -0.4 is 15.4 Å². The molecule has 0 atom stereocenters. The van der Waals surface area contributed by atoms with Gasteiger partial charge in [-0.25, -0.2) is 27.9 Å². The van der Waals surface area contributed by atoms with Crippen molar-refractivity contribution in [3.05, 3.63) is 42.1 Å². The van der Waals surface area contributed by atoms with E-state index in [0.717, 1.165) is 31.9 Å². The monoisotopic (exact) mass is 521 g/mol. The number of carbonyl (C=O) groups excluding carboxylic acids is 2. The Labute approximate surface area is 204 Å². The fourth-order valence-electron chi connectivity index (χ4n) is 3.51. The number of H-pyrrole nitrogens is 1. The molecule has 3 heterocycles. The Balaban J connectivity index is 1.48. The molecule has 0 aromatic carbocycles. The Morgan fingerprint density at radius 1 is 1.21 bits per heavy atom. The molecule has 0 spiro atoms. The molecule has 14 heteroatoms. The lowest BCUT2D eigenvalue weighted by Gasteiger charge is -2.12. The predicted octanol–water partition coefficient (Wildman–Crippen LogP) is 3.48. The number of ketones is 1. The molecule has 0 bridgehead atoms. The van der Waals surface area contributed by atoms with E-state index in [0.29, 0.717) is 20.7 Å². The quantitative estimate of drug-likeness (QED) is 0.312. The molecule has 4 rings (SSSR count). The van der Waals surface area contributed by atoms with Gasteiger partial charge in [0, 0.05) is 24.5 Å². The molecule has 3 aromatic rings. The van der Waals surface area contributed by atoms with Gasteiger partial charge in [-0.3, -0.25) is 15.1 Å². The Morgan fingerprint density at radius 2 is 2.00 bits per heavy atom. The van der Waals surface area contributed by atoms with Crippen molar-refractivity contribution in [2.75, 3.05) is 16.9 Å². The van der Waals surface area contributed by atoms with E-state index in [1.165, 1.54) is 29.3 Å². The van der Waals surface area contributed by atoms with Crippen LogP contribution in [0.2, 0.25) is 0 Å². The first-order valence-corrected chi connectivity index (χ1v) is 14.0. The first-order chi connectivity index (χ1) is 16.3. The topological polar surface area (TPSA) is 159 Å². The summed E-state index contributed by atoms with van der Waals surface area (Å²) >= 11 is 2.45. The van der Waals surface area contributed by atoms with E-state index in [4.69, 9.17) is 0 Å². The summed E-state index contributed by atoms with van der Waals surface area (Å²) < 4.78 is 26.1. The number of nitrogens with one attached hydrogen (secondary N) is 4. The van der Waals surface area contributed by atoms with E-state index in [1.54, 1.807) is 24.5 Å². The minimum atomic E-state index is -3.43. The molecule has 0 aliphatic heterocycles. The van der Waals surface area contributed by atoms with Gasteiger partial charge in [-0.2, -0.15) is 0 Å². The van der Waals surface area contributed by atoms with Crippen molar-refractivity contribution < 1.29 is 18.0 Å². The van der Waals surface area contributed by atoms with Crippen LogP contribution in [-0.2, 0) is 16.6 Å². The number of rotatable bonds is 9. The Kier molecular flexibility index (Phi) is 7.60. The normalized spacial score (nSPS) is 14.3. The lowest BCUT2D eigenvalue weighted by Crippen LogP contribution is -2.23. The van der Waals surface area contributed by atoms with Crippen molar-refractivity contribution in [3.63, 3.8) is 0 Å². The van der Waals surface area contributed by atoms with Gasteiger partial charge in [-0.05, 0) is 36.7 Å². The van der Waals surface area contributed by atoms with Gasteiger partial charge in [0.1, 0.15) is 5.69 Å². The van der Waals surface area contributed by atoms with Crippen molar-refractivity contribution in [2.24, 2.45) is 5.92 Å². The molecule has 1 saturated carbocycles. The molecule has 1 fully saturated rings. The van der Waals surface area contributed by atoms with Crippen molar-refractivity contribution in [2.45, 2.75) is 41.6 Å². The van der Waals surface area contributed by atoms with Crippen LogP contribution in [0.5, 0.6) is 0 Å². The summed E-state index contributed by atoms with van der Waals surface area (Å²) in [6.45, 7) is -0.0374. The zero-order chi connectivity index (χ0) is 24.1. The number of pyridine rings is 1. The van der Waals surface area contributed by atoms with Crippen LogP contribution in [0.1, 0.15) is 41.9 Å². The van der Waals surface area contributed by atoms with Gasteiger partial charge in [-0.1, -0.05) is 24.2 Å². The molecule has 4 N–H and O–H groups in total. The number of aromatic nitrogens is 4. The molecule has 34 heavy (non-hydrogen) atoms. The standard InChI is InChI=1S/C20H23N7O4S3/c1-34(30,31)24-11-14-17(32-19-22-9-10-23-19)33-20(26-14)27-18(29)25-13-7-4-8-21-15(13)16(28)12-5-2-3-6-12/h4,7-10,12,24H,2-3,5-6,11H2,1H3,(H,22,23)(H2,25,26,27,29). The number of imidazole rings is 1. The van der Waals surface area contributed by atoms with Crippen LogP contribution in [-0.4, -0.2) is 46.4 Å². The number of sulfonamides is 1. The summed E-state index contributed by atoms with van der Waals surface area (Å²) in [6, 6.07) is 2.70. The lowest BCUT2D eigenvalue weighted by atomic mass is 9.99. The predicted molar refractivity (Wildman–Crippen MR) is 130 cm³/mol. The molecule has 1 aliphatic carbocycles. The summed E-state index contributed by atoms with van der Waals surface area (Å²) in [5, 5.41) is 6.22. The number of carbonyl (C=O) groups is 2. The van der Waals surface area contributed by atoms with Gasteiger partial charge in [0.05, 0.1) is 28.4 Å². The van der Waals surface area contributed by atoms with Crippen molar-refractivity contribution in [1.82, 2.24) is 24.7 Å². The van der Waals surface area contributed by atoms with Crippen molar-refractivity contribution in [1.29, 1.82) is 0 Å². The number of nitrogens with zero attached hydrogens (tertiary/aromatic N) is 3. The van der Waals surface area contributed by atoms with Crippen molar-refractivity contribution in [3.8, 4) is 0 Å². The molecule has 0 unspecified atom stereocenters. The van der Waals surface area contributed by atoms with Gasteiger partial charge in [0.15, 0.2) is 16.1 Å². The average Bonchev–Trinajstić information content (AvgIpc) is 3.55. The summed E-state index contributed by atoms with van der Waals surface area (Å²) in [5.41, 5.74) is 1.03. The van der Waals surface area contributed by atoms with E-state index in [9.17, 15) is 18.0 Å². The van der Waals surface area contributed by atoms with Crippen LogP contribution >= 0.6 is 23.1 Å². The van der Waals surface area contributed by atoms with Gasteiger partial charge in [0.2, 0.25) is 10.0 Å². The third kappa shape index (κ3) is 6.40. The highest BCUT2D eigenvalue weighted by Crippen LogP contribution is 2.36. The van der Waals surface area contributed by atoms with Crippen LogP contribution in [0, 0.1) is 5.92 Å². The Hall–Kier alpha value is -2.81. The molecule has 0 radical (unpaired) electrons. The highest BCUT2D eigenvalue weighted by molar-refractivity contribution is 8.01. The number of hydrogen-bond acceptors (Lipinski definition) is 9. The minimum absolute atomic E-state index is 0.0374. The van der Waals surface area contributed by atoms with Gasteiger partial charge >= 0.3 is 6.03 Å². The third-order valence-corrected chi connectivity index (χ3v) is 7.88. The molecular formula is C20H23N7O4S3. The second-order valence-electron chi connectivity index (χ2n) is 7.67. The fourth-order valence-corrected chi connectivity index (χ4v) is 5.91. The molecule has 1 aliphatic rings. The third-order valence-electron chi connectivity index (χ3n) is 5.06. The zero-order valence-electron chi connectivity index (χ0n) is 18.2. The second kappa shape index (κ2) is 10.6. The maximum atomic E-state index is 12.8. The smallest absolute Gasteiger partial charge is 0.325 e. The highest BCUT2D eigenvalue weighted by atomic mass is 32.2. The number of anilines is 2. The summed E-state index contributed by atoms with van der Waals surface area (Å²) in [4.78, 5) is 41.2. The van der Waals surface area contributed by atoms with E-state index in [1.807, 2.05) is 0 Å². The minimum Gasteiger partial charge on any atom is -0.339 e. The van der Waals surface area contributed by atoms with E-state index < -0.39 is 16.1 Å². The Morgan fingerprint density at radius 3 is 2.71 bits per heavy atom. The first-order valence-electron chi connectivity index (χ1n) is 10.5. The summed E-state index contributed by atoms with van der Waals surface area (Å²) in [6.07, 6.45) is 9.57. The lowest BCUT2D eigenvalue weighted by molar-refractivity contribution is 0.0918. The van der Waals surface area contributed by atoms with Crippen LogP contribution in [0.3, 0.4) is 0 Å². The van der Waals surface area contributed by atoms with E-state index in [-0.39, 0.29) is 29.1 Å². The molecule has 180 valence electrons. The largest absolute Gasteiger partial charge is 0.339 e. The number of hydrogen-bond donors (Lipinski definition) is 4. The summed E-state index contributed by atoms with van der Waals surface area (Å²) in [5.74, 6) is -0.127. The maximum Gasteiger partial charge on any atom is 0.325 e. The van der Waals surface area contributed by atoms with E-state index in [2.05, 4.69) is 35.3 Å². The van der Waals surface area contributed by atoms with Crippen molar-refractivity contribution >= 4 is 55.8 Å². The molecular weight excluding hydrogens is 498 g/mol. The SMILES string of the molecule is CS(=O)(=O)NCc1nc(NC(=O)Nc2cccnc2C(=O)C2CCCC2)sc1Sc1ncc[nH]1. The zero-order valence-corrected chi connectivity index (χ0v) is 20.6. The first kappa shape index (κ1) is 24.3. The molecule has 0 saturated heterocycles. The van der Waals surface area contributed by atoms with Crippen LogP contribution in [0.15, 0.2) is 40.1 Å². The van der Waals surface area contributed by atoms with Gasteiger partial charge in [-0.15, -0.1) is 0 Å². The van der Waals surface area contributed by atoms with Crippen LogP contribution in [0.4, 0.5) is 15.6 Å². The van der Waals surface area contributed by atoms with Crippen LogP contribution in [0.25, 0.3) is 0 Å². The van der Waals surface area contributed by atoms with Gasteiger partial charge < -0.3 is 10.3 Å². The number of urea groups is 1.